The van der Waals surface area contributed by atoms with Gasteiger partial charge in [0.05, 0.1) is 11.4 Å². The number of esters is 1. The lowest BCUT2D eigenvalue weighted by atomic mass is 10.1. The molecule has 0 saturated heterocycles. The molecule has 8 heteroatoms. The number of nitrogens with zero attached hydrogens (tertiary/aromatic N) is 1. The topological polar surface area (TPSA) is 116 Å². The maximum absolute atomic E-state index is 12.7. The average Bonchev–Trinajstić information content (AvgIpc) is 2.62. The number of carbonyl (C=O) groups is 3. The summed E-state index contributed by atoms with van der Waals surface area (Å²) < 4.78 is 5.10. The molecule has 3 N–H and O–H groups in total. The van der Waals surface area contributed by atoms with Crippen LogP contribution in [-0.2, 0) is 14.3 Å². The van der Waals surface area contributed by atoms with E-state index in [4.69, 9.17) is 4.74 Å². The second-order valence-corrected chi connectivity index (χ2v) is 5.71. The predicted octanol–water partition coefficient (Wildman–Crippen LogP) is 1.63. The molecule has 1 aliphatic rings. The number of fused-ring (bicyclic) bond motifs is 1. The van der Waals surface area contributed by atoms with Crippen LogP contribution in [0.4, 0.5) is 11.4 Å². The summed E-state index contributed by atoms with van der Waals surface area (Å²) in [5.41, 5.74) is 0.725. The van der Waals surface area contributed by atoms with Crippen LogP contribution in [0, 0.1) is 0 Å². The molecule has 8 nitrogen and oxygen atoms in total. The van der Waals surface area contributed by atoms with Gasteiger partial charge in [-0.2, -0.15) is 0 Å². The molecule has 1 aliphatic heterocycles. The minimum Gasteiger partial charge on any atom is -0.504 e. The molecule has 2 amide bonds. The number of benzene rings is 2. The summed E-state index contributed by atoms with van der Waals surface area (Å²) in [5.74, 6) is -3.00. The lowest BCUT2D eigenvalue weighted by Crippen LogP contribution is -2.47. The second-order valence-electron chi connectivity index (χ2n) is 5.71. The van der Waals surface area contributed by atoms with E-state index in [2.05, 4.69) is 5.32 Å². The Morgan fingerprint density at radius 3 is 2.65 bits per heavy atom. The van der Waals surface area contributed by atoms with Crippen LogP contribution < -0.4 is 10.2 Å². The normalized spacial score (nSPS) is 14.2. The van der Waals surface area contributed by atoms with Gasteiger partial charge in [-0.3, -0.25) is 14.5 Å². The zero-order chi connectivity index (χ0) is 18.8. The van der Waals surface area contributed by atoms with Crippen molar-refractivity contribution in [2.45, 2.75) is 13.0 Å². The number of phenolic OH excluding ortho intramolecular Hbond substituents is 2. The van der Waals surface area contributed by atoms with E-state index in [0.29, 0.717) is 11.4 Å². The number of aromatic hydroxyl groups is 2. The van der Waals surface area contributed by atoms with Crippen molar-refractivity contribution < 1.29 is 29.3 Å². The fourth-order valence-corrected chi connectivity index (χ4v) is 2.62. The van der Waals surface area contributed by atoms with Crippen LogP contribution in [0.15, 0.2) is 42.5 Å². The third-order valence-corrected chi connectivity index (χ3v) is 3.90. The zero-order valence-electron chi connectivity index (χ0n) is 13.8. The summed E-state index contributed by atoms with van der Waals surface area (Å²) in [4.78, 5) is 37.9. The molecule has 0 fully saturated rings. The Bertz CT molecular complexity index is 895. The second kappa shape index (κ2) is 6.75. The third kappa shape index (κ3) is 3.16. The van der Waals surface area contributed by atoms with E-state index in [1.807, 2.05) is 0 Å². The van der Waals surface area contributed by atoms with Gasteiger partial charge < -0.3 is 20.3 Å². The highest BCUT2D eigenvalue weighted by Crippen LogP contribution is 2.31. The van der Waals surface area contributed by atoms with Crippen molar-refractivity contribution in [1.82, 2.24) is 0 Å². The minimum absolute atomic E-state index is 0.199. The number of para-hydroxylation sites is 3. The molecule has 2 aromatic rings. The summed E-state index contributed by atoms with van der Waals surface area (Å²) in [5, 5.41) is 21.9. The summed E-state index contributed by atoms with van der Waals surface area (Å²) in [6, 6.07) is 10.6. The Kier molecular flexibility index (Phi) is 4.49. The van der Waals surface area contributed by atoms with Gasteiger partial charge in [-0.1, -0.05) is 18.2 Å². The molecular formula is C18H16N2O6. The SMILES string of the molecule is C[C@@H](OC(=O)c1cccc(O)c1O)C(=O)N1CC(=O)Nc2ccccc21. The van der Waals surface area contributed by atoms with Crippen molar-refractivity contribution in [3.8, 4) is 11.5 Å². The fourth-order valence-electron chi connectivity index (χ4n) is 2.62. The summed E-state index contributed by atoms with van der Waals surface area (Å²) in [7, 11) is 0. The minimum atomic E-state index is -1.21. The molecule has 134 valence electrons. The number of hydrogen-bond donors (Lipinski definition) is 3. The van der Waals surface area contributed by atoms with E-state index in [1.165, 1.54) is 30.0 Å². The molecule has 0 unspecified atom stereocenters. The first-order valence-electron chi connectivity index (χ1n) is 7.80. The first-order chi connectivity index (χ1) is 12.4. The molecule has 0 aliphatic carbocycles. The summed E-state index contributed by atoms with van der Waals surface area (Å²) in [6.45, 7) is 1.17. The fraction of sp³-hybridized carbons (Fsp3) is 0.167. The number of amides is 2. The van der Waals surface area contributed by atoms with Gasteiger partial charge in [-0.15, -0.1) is 0 Å². The van der Waals surface area contributed by atoms with Crippen molar-refractivity contribution in [1.29, 1.82) is 0 Å². The van der Waals surface area contributed by atoms with Gasteiger partial charge in [0.2, 0.25) is 5.91 Å². The maximum atomic E-state index is 12.7. The van der Waals surface area contributed by atoms with Gasteiger partial charge in [0.25, 0.3) is 5.91 Å². The van der Waals surface area contributed by atoms with E-state index in [0.717, 1.165) is 0 Å². The van der Waals surface area contributed by atoms with E-state index in [9.17, 15) is 24.6 Å². The van der Waals surface area contributed by atoms with Gasteiger partial charge in [-0.05, 0) is 31.2 Å². The van der Waals surface area contributed by atoms with Crippen LogP contribution in [0.2, 0.25) is 0 Å². The molecule has 0 radical (unpaired) electrons. The van der Waals surface area contributed by atoms with Gasteiger partial charge >= 0.3 is 5.97 Å². The lowest BCUT2D eigenvalue weighted by Gasteiger charge is -2.30. The van der Waals surface area contributed by atoms with Crippen LogP contribution in [0.3, 0.4) is 0 Å². The molecule has 0 spiro atoms. The van der Waals surface area contributed by atoms with E-state index in [1.54, 1.807) is 24.3 Å². The average molecular weight is 356 g/mol. The number of phenols is 2. The lowest BCUT2D eigenvalue weighted by molar-refractivity contribution is -0.128. The third-order valence-electron chi connectivity index (χ3n) is 3.90. The number of anilines is 2. The first kappa shape index (κ1) is 17.3. The Morgan fingerprint density at radius 2 is 1.88 bits per heavy atom. The molecule has 26 heavy (non-hydrogen) atoms. The van der Waals surface area contributed by atoms with Crippen molar-refractivity contribution in [3.63, 3.8) is 0 Å². The van der Waals surface area contributed by atoms with E-state index >= 15 is 0 Å². The zero-order valence-corrected chi connectivity index (χ0v) is 13.8. The van der Waals surface area contributed by atoms with Gasteiger partial charge in [0.15, 0.2) is 17.6 Å². The van der Waals surface area contributed by atoms with Crippen LogP contribution in [0.1, 0.15) is 17.3 Å². The van der Waals surface area contributed by atoms with E-state index < -0.39 is 29.5 Å². The predicted molar refractivity (Wildman–Crippen MR) is 92.1 cm³/mol. The molecule has 0 aromatic heterocycles. The Balaban J connectivity index is 1.79. The molecule has 1 heterocycles. The molecule has 3 rings (SSSR count). The number of rotatable bonds is 3. The highest BCUT2D eigenvalue weighted by atomic mass is 16.5. The van der Waals surface area contributed by atoms with Gasteiger partial charge in [0.1, 0.15) is 12.1 Å². The Hall–Kier alpha value is -3.55. The number of hydrogen-bond acceptors (Lipinski definition) is 6. The maximum Gasteiger partial charge on any atom is 0.342 e. The van der Waals surface area contributed by atoms with Crippen molar-refractivity contribution in [3.05, 3.63) is 48.0 Å². The van der Waals surface area contributed by atoms with Crippen molar-refractivity contribution >= 4 is 29.2 Å². The largest absolute Gasteiger partial charge is 0.504 e. The first-order valence-corrected chi connectivity index (χ1v) is 7.80. The van der Waals surface area contributed by atoms with Gasteiger partial charge in [-0.25, -0.2) is 4.79 Å². The molecule has 2 aromatic carbocycles. The number of carbonyl (C=O) groups excluding carboxylic acids is 3. The number of nitrogens with one attached hydrogen (secondary N) is 1. The highest BCUT2D eigenvalue weighted by molar-refractivity contribution is 6.11. The van der Waals surface area contributed by atoms with E-state index in [-0.39, 0.29) is 18.0 Å². The Morgan fingerprint density at radius 1 is 1.15 bits per heavy atom. The summed E-state index contributed by atoms with van der Waals surface area (Å²) in [6.07, 6.45) is -1.21. The van der Waals surface area contributed by atoms with Crippen LogP contribution >= 0.6 is 0 Å². The molecule has 1 atom stereocenters. The number of ether oxygens (including phenoxy) is 1. The van der Waals surface area contributed by atoms with Crippen molar-refractivity contribution in [2.75, 3.05) is 16.8 Å². The smallest absolute Gasteiger partial charge is 0.342 e. The molecular weight excluding hydrogens is 340 g/mol. The van der Waals surface area contributed by atoms with Crippen molar-refractivity contribution in [2.24, 2.45) is 0 Å². The molecule has 0 bridgehead atoms. The molecule has 0 saturated carbocycles. The van der Waals surface area contributed by atoms with Crippen LogP contribution in [0.5, 0.6) is 11.5 Å². The highest BCUT2D eigenvalue weighted by Gasteiger charge is 2.32. The van der Waals surface area contributed by atoms with Crippen LogP contribution in [-0.4, -0.2) is 40.6 Å². The Labute approximate surface area is 148 Å². The van der Waals surface area contributed by atoms with Gasteiger partial charge in [0, 0.05) is 0 Å². The standard InChI is InChI=1S/C18H16N2O6/c1-10(26-18(25)11-5-4-8-14(21)16(11)23)17(24)20-9-15(22)19-12-6-2-3-7-13(12)20/h2-8,10,21,23H,9H2,1H3,(H,19,22)/t10-/m1/s1. The quantitative estimate of drug-likeness (QED) is 0.569. The monoisotopic (exact) mass is 356 g/mol. The summed E-state index contributed by atoms with van der Waals surface area (Å²) >= 11 is 0. The van der Waals surface area contributed by atoms with Crippen LogP contribution in [0.25, 0.3) is 0 Å².